The van der Waals surface area contributed by atoms with E-state index in [2.05, 4.69) is 32.1 Å². The van der Waals surface area contributed by atoms with Crippen molar-refractivity contribution in [3.05, 3.63) is 42.6 Å². The molecule has 34 heavy (non-hydrogen) atoms. The zero-order chi connectivity index (χ0) is 24.2. The molecule has 9 heteroatoms. The van der Waals surface area contributed by atoms with Crippen molar-refractivity contribution in [1.29, 1.82) is 0 Å². The molecule has 0 bridgehead atoms. The molecular weight excluding hydrogens is 435 g/mol. The maximum Gasteiger partial charge on any atom is 0.237 e. The molecule has 3 N–H and O–H groups in total. The normalized spacial score (nSPS) is 19.6. The summed E-state index contributed by atoms with van der Waals surface area (Å²) in [5.74, 6) is 0.964. The van der Waals surface area contributed by atoms with Crippen molar-refractivity contribution in [1.82, 2.24) is 25.2 Å². The summed E-state index contributed by atoms with van der Waals surface area (Å²) in [6.45, 7) is 3.56. The van der Waals surface area contributed by atoms with Gasteiger partial charge >= 0.3 is 0 Å². The van der Waals surface area contributed by atoms with Crippen LogP contribution in [-0.4, -0.2) is 64.2 Å². The van der Waals surface area contributed by atoms with Gasteiger partial charge in [0.25, 0.3) is 0 Å². The number of anilines is 1. The molecular formula is C25H31FN6O2. The summed E-state index contributed by atoms with van der Waals surface area (Å²) in [5, 5.41) is 3.42. The highest BCUT2D eigenvalue weighted by Crippen LogP contribution is 2.36. The predicted octanol–water partition coefficient (Wildman–Crippen LogP) is 3.29. The average Bonchev–Trinajstić information content (AvgIpc) is 2.83. The quantitative estimate of drug-likeness (QED) is 0.550. The minimum absolute atomic E-state index is 0.119. The molecule has 8 nitrogen and oxygen atoms in total. The standard InChI is InChI=1S/C25H31FN6O2/c1-15-5-4-6-23(32(15)3)25(33)31-12-18(26)14-34-24-20(17-10-28-16(2)29-11-17)7-8-22-21(24)9-19(27)13-30-22/h7-11,13,15,18,23H,4-6,12,14,27H2,1-3H3,(H,31,33). The highest BCUT2D eigenvalue weighted by molar-refractivity contribution is 5.94. The van der Waals surface area contributed by atoms with E-state index in [1.807, 2.05) is 19.2 Å². The number of benzene rings is 1. The first kappa shape index (κ1) is 23.8. The van der Waals surface area contributed by atoms with Crippen molar-refractivity contribution in [3.63, 3.8) is 0 Å². The lowest BCUT2D eigenvalue weighted by Gasteiger charge is -2.36. The van der Waals surface area contributed by atoms with Crippen LogP contribution in [0.2, 0.25) is 0 Å². The molecule has 3 heterocycles. The van der Waals surface area contributed by atoms with Crippen LogP contribution >= 0.6 is 0 Å². The molecule has 3 unspecified atom stereocenters. The van der Waals surface area contributed by atoms with Gasteiger partial charge < -0.3 is 15.8 Å². The summed E-state index contributed by atoms with van der Waals surface area (Å²) >= 11 is 0. The number of aryl methyl sites for hydroxylation is 1. The van der Waals surface area contributed by atoms with Gasteiger partial charge in [-0.05, 0) is 58.4 Å². The third-order valence-corrected chi connectivity index (χ3v) is 6.42. The number of pyridine rings is 1. The number of piperidine rings is 1. The first-order valence-corrected chi connectivity index (χ1v) is 11.6. The zero-order valence-electron chi connectivity index (χ0n) is 19.8. The van der Waals surface area contributed by atoms with E-state index in [1.54, 1.807) is 31.6 Å². The van der Waals surface area contributed by atoms with E-state index in [0.29, 0.717) is 39.8 Å². The van der Waals surface area contributed by atoms with Crippen LogP contribution < -0.4 is 15.8 Å². The first-order chi connectivity index (χ1) is 16.3. The van der Waals surface area contributed by atoms with E-state index in [-0.39, 0.29) is 25.1 Å². The van der Waals surface area contributed by atoms with Gasteiger partial charge in [0.05, 0.1) is 30.0 Å². The molecule has 0 saturated carbocycles. The molecule has 1 aliphatic heterocycles. The van der Waals surface area contributed by atoms with Gasteiger partial charge in [-0.25, -0.2) is 14.4 Å². The van der Waals surface area contributed by atoms with Crippen LogP contribution in [-0.2, 0) is 4.79 Å². The Morgan fingerprint density at radius 3 is 2.79 bits per heavy atom. The summed E-state index contributed by atoms with van der Waals surface area (Å²) in [7, 11) is 1.95. The van der Waals surface area contributed by atoms with Crippen molar-refractivity contribution in [2.45, 2.75) is 51.4 Å². The van der Waals surface area contributed by atoms with Crippen LogP contribution in [0.1, 0.15) is 32.0 Å². The van der Waals surface area contributed by atoms with Crippen molar-refractivity contribution >= 4 is 22.5 Å². The first-order valence-electron chi connectivity index (χ1n) is 11.6. The molecule has 0 spiro atoms. The van der Waals surface area contributed by atoms with E-state index in [1.165, 1.54) is 0 Å². The summed E-state index contributed by atoms with van der Waals surface area (Å²) < 4.78 is 20.8. The lowest BCUT2D eigenvalue weighted by Crippen LogP contribution is -2.52. The summed E-state index contributed by atoms with van der Waals surface area (Å²) in [5.41, 5.74) is 8.57. The number of nitrogen functional groups attached to an aromatic ring is 1. The Labute approximate surface area is 198 Å². The van der Waals surface area contributed by atoms with Crippen LogP contribution in [0.4, 0.5) is 10.1 Å². The number of likely N-dealkylation sites (tertiary alicyclic amines) is 1. The van der Waals surface area contributed by atoms with Crippen molar-refractivity contribution in [3.8, 4) is 16.9 Å². The smallest absolute Gasteiger partial charge is 0.237 e. The van der Waals surface area contributed by atoms with Crippen molar-refractivity contribution < 1.29 is 13.9 Å². The molecule has 4 rings (SSSR count). The van der Waals surface area contributed by atoms with E-state index in [4.69, 9.17) is 10.5 Å². The molecule has 0 aliphatic carbocycles. The lowest BCUT2D eigenvalue weighted by atomic mass is 9.97. The largest absolute Gasteiger partial charge is 0.489 e. The number of carbonyl (C=O) groups is 1. The minimum atomic E-state index is -1.39. The van der Waals surface area contributed by atoms with Crippen molar-refractivity contribution in [2.75, 3.05) is 25.9 Å². The van der Waals surface area contributed by atoms with E-state index >= 15 is 0 Å². The molecule has 1 aliphatic rings. The fourth-order valence-corrected chi connectivity index (χ4v) is 4.30. The number of nitrogens with two attached hydrogens (primary N) is 1. The Kier molecular flexibility index (Phi) is 7.21. The fraction of sp³-hybridized carbons (Fsp3) is 0.440. The number of amides is 1. The Morgan fingerprint density at radius 1 is 1.26 bits per heavy atom. The number of fused-ring (bicyclic) bond motifs is 1. The van der Waals surface area contributed by atoms with Crippen LogP contribution in [0.3, 0.4) is 0 Å². The van der Waals surface area contributed by atoms with Gasteiger partial charge in [-0.2, -0.15) is 0 Å². The predicted molar refractivity (Wildman–Crippen MR) is 130 cm³/mol. The number of hydrogen-bond acceptors (Lipinski definition) is 7. The number of hydrogen-bond donors (Lipinski definition) is 2. The number of rotatable bonds is 7. The molecule has 1 fully saturated rings. The van der Waals surface area contributed by atoms with E-state index in [9.17, 15) is 9.18 Å². The van der Waals surface area contributed by atoms with Gasteiger partial charge in [-0.1, -0.05) is 0 Å². The number of ether oxygens (including phenoxy) is 1. The lowest BCUT2D eigenvalue weighted by molar-refractivity contribution is -0.128. The molecule has 180 valence electrons. The molecule has 3 atom stereocenters. The fourth-order valence-electron chi connectivity index (χ4n) is 4.30. The van der Waals surface area contributed by atoms with Gasteiger partial charge in [0.1, 0.15) is 18.2 Å². The molecule has 2 aromatic heterocycles. The number of carbonyl (C=O) groups excluding carboxylic acids is 1. The van der Waals surface area contributed by atoms with Crippen LogP contribution in [0.15, 0.2) is 36.8 Å². The van der Waals surface area contributed by atoms with E-state index in [0.717, 1.165) is 24.8 Å². The summed E-state index contributed by atoms with van der Waals surface area (Å²) in [6.07, 6.45) is 6.43. The summed E-state index contributed by atoms with van der Waals surface area (Å²) in [4.78, 5) is 27.6. The average molecular weight is 467 g/mol. The second-order valence-corrected chi connectivity index (χ2v) is 8.91. The highest BCUT2D eigenvalue weighted by Gasteiger charge is 2.30. The highest BCUT2D eigenvalue weighted by atomic mass is 19.1. The van der Waals surface area contributed by atoms with Crippen LogP contribution in [0.5, 0.6) is 5.75 Å². The maximum atomic E-state index is 14.8. The Balaban J connectivity index is 1.48. The second-order valence-electron chi connectivity index (χ2n) is 8.91. The molecule has 0 radical (unpaired) electrons. The minimum Gasteiger partial charge on any atom is -0.489 e. The number of nitrogens with one attached hydrogen (secondary N) is 1. The van der Waals surface area contributed by atoms with Gasteiger partial charge in [0.15, 0.2) is 6.17 Å². The topological polar surface area (TPSA) is 106 Å². The molecule has 1 aromatic carbocycles. The number of alkyl halides is 1. The molecule has 1 saturated heterocycles. The number of nitrogens with zero attached hydrogens (tertiary/aromatic N) is 4. The second kappa shape index (κ2) is 10.3. The number of likely N-dealkylation sites (N-methyl/N-ethyl adjacent to an activating group) is 1. The van der Waals surface area contributed by atoms with Crippen LogP contribution in [0, 0.1) is 6.92 Å². The number of aromatic nitrogens is 3. The Morgan fingerprint density at radius 2 is 2.03 bits per heavy atom. The Bertz CT molecular complexity index is 1160. The number of halogens is 1. The maximum absolute atomic E-state index is 14.8. The van der Waals surface area contributed by atoms with E-state index < -0.39 is 6.17 Å². The third kappa shape index (κ3) is 5.25. The van der Waals surface area contributed by atoms with Gasteiger partial charge in [0.2, 0.25) is 5.91 Å². The molecule has 1 amide bonds. The Hall–Kier alpha value is -3.33. The van der Waals surface area contributed by atoms with Gasteiger partial charge in [-0.15, -0.1) is 0 Å². The SMILES string of the molecule is Cc1ncc(-c2ccc3ncc(N)cc3c2OCC(F)CNC(=O)C2CCCC(C)N2C)cn1. The van der Waals surface area contributed by atoms with Gasteiger partial charge in [-0.3, -0.25) is 14.7 Å². The monoisotopic (exact) mass is 466 g/mol. The van der Waals surface area contributed by atoms with Crippen LogP contribution in [0.25, 0.3) is 22.0 Å². The summed E-state index contributed by atoms with van der Waals surface area (Å²) in [6, 6.07) is 5.57. The van der Waals surface area contributed by atoms with Crippen molar-refractivity contribution in [2.24, 2.45) is 0 Å². The third-order valence-electron chi connectivity index (χ3n) is 6.42. The molecule has 3 aromatic rings. The zero-order valence-corrected chi connectivity index (χ0v) is 19.8. The van der Waals surface area contributed by atoms with Gasteiger partial charge in [0, 0.05) is 34.9 Å².